The molecule has 0 fully saturated rings. The first-order valence-electron chi connectivity index (χ1n) is 40.3. The number of nitrogens with zero attached hydrogens (tertiary/aromatic N) is 1. The van der Waals surface area contributed by atoms with E-state index in [1.165, 1.54) is 321 Å². The average Bonchev–Trinajstić information content (AvgIpc) is 2.14. The highest BCUT2D eigenvalue weighted by Crippen LogP contribution is 2.38. The molecular weight excluding hydrogens is 1160 g/mol. The number of phosphoric acid groups is 1. The second kappa shape index (κ2) is 73.2. The van der Waals surface area contributed by atoms with Crippen LogP contribution in [0.2, 0.25) is 0 Å². The molecule has 0 aromatic heterocycles. The van der Waals surface area contributed by atoms with Crippen molar-refractivity contribution in [2.24, 2.45) is 0 Å². The van der Waals surface area contributed by atoms with Crippen molar-refractivity contribution in [2.45, 2.75) is 418 Å². The summed E-state index contributed by atoms with van der Waals surface area (Å²) in [6, 6.07) is 0. The Balaban J connectivity index is 3.88. The van der Waals surface area contributed by atoms with Crippen molar-refractivity contribution in [1.29, 1.82) is 0 Å². The first-order chi connectivity index (χ1) is 45.0. The number of carbonyl (C=O) groups is 2. The highest BCUT2D eigenvalue weighted by Gasteiger charge is 2.22. The SMILES string of the molecule is CC/C=C\C/C=C\C/C=C\C/C=C\CCCCCCCCCCCCCCCCCCCCCCCCCCCCC(=O)OC(COC(=O)CCCCCCCCCCCCCCCCCCCCCCCCCCCCCCC)COP(=O)([O-])OCC[N+](C)(C)C. The first kappa shape index (κ1) is 90.0. The van der Waals surface area contributed by atoms with Crippen molar-refractivity contribution in [3.8, 4) is 0 Å². The van der Waals surface area contributed by atoms with Gasteiger partial charge in [0.25, 0.3) is 7.82 Å². The standard InChI is InChI=1S/C82H156NO8P/c1-6-8-10-12-14-16-18-20-22-24-26-28-30-32-34-36-37-38-39-40-41-42-43-44-45-47-49-51-53-55-57-59-61-63-65-67-69-71-73-75-82(85)91-80(79-90-92(86,87)89-77-76-83(3,4)5)78-88-81(84)74-72-70-68-66-64-62-60-58-56-54-52-50-48-46-35-33-31-29-27-25-23-21-19-17-15-13-11-9-7-2/h8,10,14,16,20,22,26,28,80H,6-7,9,11-13,15,17-19,21,23-25,27,29-79H2,1-5H3/b10-8-,16-14-,22-20-,28-26-. The molecule has 0 saturated carbocycles. The monoisotopic (exact) mass is 1310 g/mol. The van der Waals surface area contributed by atoms with Gasteiger partial charge in [0, 0.05) is 12.8 Å². The number of unbranched alkanes of at least 4 members (excludes halogenated alkanes) is 54. The number of carbonyl (C=O) groups excluding carboxylic acids is 2. The predicted octanol–water partition coefficient (Wildman–Crippen LogP) is 26.1. The fourth-order valence-corrected chi connectivity index (χ4v) is 13.0. The predicted molar refractivity (Wildman–Crippen MR) is 397 cm³/mol. The van der Waals surface area contributed by atoms with E-state index in [4.69, 9.17) is 18.5 Å². The van der Waals surface area contributed by atoms with E-state index >= 15 is 0 Å². The number of rotatable bonds is 76. The molecule has 92 heavy (non-hydrogen) atoms. The van der Waals surface area contributed by atoms with E-state index in [2.05, 4.69) is 62.5 Å². The quantitative estimate of drug-likeness (QED) is 0.0195. The Morgan fingerprint density at radius 3 is 0.924 bits per heavy atom. The summed E-state index contributed by atoms with van der Waals surface area (Å²) < 4.78 is 34.4. The Morgan fingerprint density at radius 2 is 0.620 bits per heavy atom. The molecule has 0 bridgehead atoms. The lowest BCUT2D eigenvalue weighted by Crippen LogP contribution is -2.37. The summed E-state index contributed by atoms with van der Waals surface area (Å²) in [5.74, 6) is -0.806. The molecule has 9 nitrogen and oxygen atoms in total. The van der Waals surface area contributed by atoms with Gasteiger partial charge in [-0.15, -0.1) is 0 Å². The third kappa shape index (κ3) is 77.0. The molecule has 542 valence electrons. The van der Waals surface area contributed by atoms with Crippen molar-refractivity contribution in [2.75, 3.05) is 47.5 Å². The molecule has 0 aliphatic carbocycles. The average molecular weight is 1320 g/mol. The third-order valence-electron chi connectivity index (χ3n) is 18.4. The maximum absolute atomic E-state index is 12.9. The van der Waals surface area contributed by atoms with Crippen molar-refractivity contribution < 1.29 is 42.1 Å². The normalized spacial score (nSPS) is 13.2. The number of allylic oxidation sites excluding steroid dienone is 8. The molecule has 0 aromatic rings. The number of phosphoric ester groups is 1. The molecule has 10 heteroatoms. The van der Waals surface area contributed by atoms with Gasteiger partial charge in [-0.05, 0) is 51.4 Å². The topological polar surface area (TPSA) is 111 Å². The van der Waals surface area contributed by atoms with Gasteiger partial charge in [0.05, 0.1) is 27.7 Å². The Kier molecular flexibility index (Phi) is 71.6. The van der Waals surface area contributed by atoms with Gasteiger partial charge >= 0.3 is 11.9 Å². The largest absolute Gasteiger partial charge is 0.756 e. The molecule has 0 saturated heterocycles. The molecule has 0 aliphatic rings. The first-order valence-corrected chi connectivity index (χ1v) is 41.8. The fraction of sp³-hybridized carbons (Fsp3) is 0.878. The highest BCUT2D eigenvalue weighted by molar-refractivity contribution is 7.45. The van der Waals surface area contributed by atoms with E-state index in [9.17, 15) is 19.0 Å². The lowest BCUT2D eigenvalue weighted by atomic mass is 10.0. The van der Waals surface area contributed by atoms with E-state index in [1.54, 1.807) is 0 Å². The minimum Gasteiger partial charge on any atom is -0.756 e. The van der Waals surface area contributed by atoms with Crippen LogP contribution in [-0.4, -0.2) is 70.0 Å². The number of ether oxygens (including phenoxy) is 2. The van der Waals surface area contributed by atoms with Gasteiger partial charge in [0.1, 0.15) is 19.8 Å². The second-order valence-corrected chi connectivity index (χ2v) is 30.2. The molecule has 0 spiro atoms. The number of esters is 2. The van der Waals surface area contributed by atoms with Gasteiger partial charge in [0.15, 0.2) is 6.10 Å². The lowest BCUT2D eigenvalue weighted by molar-refractivity contribution is -0.870. The van der Waals surface area contributed by atoms with Crippen molar-refractivity contribution in [3.63, 3.8) is 0 Å². The summed E-state index contributed by atoms with van der Waals surface area (Å²) in [6.07, 6.45) is 96.8. The maximum atomic E-state index is 12.9. The Hall–Kier alpha value is -2.03. The van der Waals surface area contributed by atoms with Gasteiger partial charge in [0.2, 0.25) is 0 Å². The van der Waals surface area contributed by atoms with Crippen LogP contribution < -0.4 is 4.89 Å². The minimum absolute atomic E-state index is 0.0269. The van der Waals surface area contributed by atoms with E-state index in [1.807, 2.05) is 21.1 Å². The zero-order chi connectivity index (χ0) is 66.9. The lowest BCUT2D eigenvalue weighted by Gasteiger charge is -2.28. The van der Waals surface area contributed by atoms with Crippen LogP contribution in [0.15, 0.2) is 48.6 Å². The molecular formula is C82H156NO8P. The van der Waals surface area contributed by atoms with Crippen LogP contribution in [-0.2, 0) is 32.7 Å². The molecule has 0 aromatic carbocycles. The second-order valence-electron chi connectivity index (χ2n) is 28.8. The zero-order valence-electron chi connectivity index (χ0n) is 62.0. The highest BCUT2D eigenvalue weighted by atomic mass is 31.2. The number of hydrogen-bond acceptors (Lipinski definition) is 8. The van der Waals surface area contributed by atoms with E-state index in [0.29, 0.717) is 17.4 Å². The Labute approximate surface area is 573 Å². The number of quaternary nitrogens is 1. The van der Waals surface area contributed by atoms with Crippen LogP contribution in [0.1, 0.15) is 412 Å². The van der Waals surface area contributed by atoms with E-state index in [0.717, 1.165) is 57.8 Å². The van der Waals surface area contributed by atoms with Gasteiger partial charge in [-0.2, -0.15) is 0 Å². The third-order valence-corrected chi connectivity index (χ3v) is 19.3. The van der Waals surface area contributed by atoms with Crippen LogP contribution in [0.4, 0.5) is 0 Å². The molecule has 0 heterocycles. The fourth-order valence-electron chi connectivity index (χ4n) is 12.2. The van der Waals surface area contributed by atoms with Crippen LogP contribution in [0.5, 0.6) is 0 Å². The van der Waals surface area contributed by atoms with Gasteiger partial charge in [-0.1, -0.05) is 396 Å². The van der Waals surface area contributed by atoms with E-state index in [-0.39, 0.29) is 32.0 Å². The van der Waals surface area contributed by atoms with Crippen LogP contribution in [0, 0.1) is 0 Å². The molecule has 2 unspecified atom stereocenters. The van der Waals surface area contributed by atoms with Gasteiger partial charge in [-0.25, -0.2) is 0 Å². The summed E-state index contributed by atoms with van der Waals surface area (Å²) in [5, 5.41) is 0. The van der Waals surface area contributed by atoms with Crippen LogP contribution >= 0.6 is 7.82 Å². The van der Waals surface area contributed by atoms with Crippen LogP contribution in [0.25, 0.3) is 0 Å². The summed E-state index contributed by atoms with van der Waals surface area (Å²) in [7, 11) is 1.19. The summed E-state index contributed by atoms with van der Waals surface area (Å²) in [6.45, 7) is 4.21. The van der Waals surface area contributed by atoms with Crippen molar-refractivity contribution in [1.82, 2.24) is 0 Å². The maximum Gasteiger partial charge on any atom is 0.306 e. The minimum atomic E-state index is -4.64. The summed E-state index contributed by atoms with van der Waals surface area (Å²) in [4.78, 5) is 38.2. The Bertz CT molecular complexity index is 1690. The van der Waals surface area contributed by atoms with E-state index < -0.39 is 26.5 Å². The summed E-state index contributed by atoms with van der Waals surface area (Å²) in [5.41, 5.74) is 0. The molecule has 2 atom stereocenters. The molecule has 0 radical (unpaired) electrons. The van der Waals surface area contributed by atoms with Crippen LogP contribution in [0.3, 0.4) is 0 Å². The molecule has 0 rings (SSSR count). The zero-order valence-corrected chi connectivity index (χ0v) is 62.9. The van der Waals surface area contributed by atoms with Gasteiger partial charge in [-0.3, -0.25) is 14.2 Å². The number of hydrogen-bond donors (Lipinski definition) is 0. The molecule has 0 amide bonds. The Morgan fingerprint density at radius 1 is 0.348 bits per heavy atom. The smallest absolute Gasteiger partial charge is 0.306 e. The summed E-state index contributed by atoms with van der Waals surface area (Å²) >= 11 is 0. The number of likely N-dealkylation sites (N-methyl/N-ethyl adjacent to an activating group) is 1. The van der Waals surface area contributed by atoms with Crippen molar-refractivity contribution >= 4 is 19.8 Å². The van der Waals surface area contributed by atoms with Crippen molar-refractivity contribution in [3.05, 3.63) is 48.6 Å². The van der Waals surface area contributed by atoms with Gasteiger partial charge < -0.3 is 27.9 Å². The molecule has 0 N–H and O–H groups in total. The molecule has 0 aliphatic heterocycles.